The van der Waals surface area contributed by atoms with Gasteiger partial charge in [-0.3, -0.25) is 10.1 Å². The maximum absolute atomic E-state index is 12.0. The largest absolute Gasteiger partial charge is 0.497 e. The minimum absolute atomic E-state index is 0.0643. The number of halogens is 1. The fourth-order valence-corrected chi connectivity index (χ4v) is 2.60. The lowest BCUT2D eigenvalue weighted by atomic mass is 10.1. The molecule has 25 heavy (non-hydrogen) atoms. The number of nitrogens with zero attached hydrogens (tertiary/aromatic N) is 2. The van der Waals surface area contributed by atoms with Crippen LogP contribution in [-0.4, -0.2) is 23.9 Å². The van der Waals surface area contributed by atoms with Gasteiger partial charge in [0.15, 0.2) is 5.70 Å². The number of aliphatic imine (C=N–C) groups is 1. The van der Waals surface area contributed by atoms with Crippen LogP contribution in [-0.2, 0) is 9.53 Å². The van der Waals surface area contributed by atoms with Crippen molar-refractivity contribution in [1.29, 1.82) is 0 Å². The van der Waals surface area contributed by atoms with Crippen LogP contribution in [0.15, 0.2) is 57.6 Å². The van der Waals surface area contributed by atoms with Crippen LogP contribution in [0.3, 0.4) is 0 Å². The number of carbonyl (C=O) groups excluding carboxylic acids is 1. The van der Waals surface area contributed by atoms with E-state index in [1.807, 2.05) is 0 Å². The molecule has 0 unspecified atom stereocenters. The Hall–Kier alpha value is -3.00. The van der Waals surface area contributed by atoms with E-state index in [1.54, 1.807) is 30.3 Å². The summed E-state index contributed by atoms with van der Waals surface area (Å²) in [6.07, 6.45) is 1.44. The molecular formula is C17H11BrN2O5. The number of carbonyl (C=O) groups is 1. The Balaban J connectivity index is 1.96. The van der Waals surface area contributed by atoms with Gasteiger partial charge in [0, 0.05) is 11.6 Å². The fourth-order valence-electron chi connectivity index (χ4n) is 2.21. The average Bonchev–Trinajstić information content (AvgIpc) is 2.97. The molecule has 0 bridgehead atoms. The second-order valence-corrected chi connectivity index (χ2v) is 5.89. The predicted octanol–water partition coefficient (Wildman–Crippen LogP) is 3.71. The number of cyclic esters (lactones) is 1. The summed E-state index contributed by atoms with van der Waals surface area (Å²) < 4.78 is 10.7. The molecule has 0 radical (unpaired) electrons. The van der Waals surface area contributed by atoms with E-state index in [0.29, 0.717) is 21.3 Å². The quantitative estimate of drug-likeness (QED) is 0.336. The highest BCUT2D eigenvalue weighted by molar-refractivity contribution is 9.10. The molecule has 7 nitrogen and oxygen atoms in total. The molecule has 0 amide bonds. The van der Waals surface area contributed by atoms with Crippen LogP contribution in [0.5, 0.6) is 5.75 Å². The normalized spacial score (nSPS) is 15.0. The molecule has 0 saturated carbocycles. The number of nitro groups is 1. The second kappa shape index (κ2) is 6.86. The summed E-state index contributed by atoms with van der Waals surface area (Å²) in [5.74, 6) is 0.141. The van der Waals surface area contributed by atoms with Crippen molar-refractivity contribution in [3.8, 4) is 5.75 Å². The topological polar surface area (TPSA) is 91.0 Å². The van der Waals surface area contributed by atoms with Crippen molar-refractivity contribution >= 4 is 39.6 Å². The van der Waals surface area contributed by atoms with E-state index in [2.05, 4.69) is 20.9 Å². The van der Waals surface area contributed by atoms with Crippen molar-refractivity contribution < 1.29 is 19.2 Å². The van der Waals surface area contributed by atoms with Gasteiger partial charge in [0.2, 0.25) is 5.90 Å². The third kappa shape index (κ3) is 3.58. The van der Waals surface area contributed by atoms with E-state index in [4.69, 9.17) is 9.47 Å². The van der Waals surface area contributed by atoms with Gasteiger partial charge in [-0.1, -0.05) is 12.1 Å². The Labute approximate surface area is 150 Å². The minimum Gasteiger partial charge on any atom is -0.497 e. The van der Waals surface area contributed by atoms with Crippen LogP contribution >= 0.6 is 15.9 Å². The molecule has 0 spiro atoms. The number of methoxy groups -OCH3 is 1. The molecule has 1 aliphatic heterocycles. The summed E-state index contributed by atoms with van der Waals surface area (Å²) in [6, 6.07) is 11.5. The van der Waals surface area contributed by atoms with E-state index in [0.717, 1.165) is 0 Å². The minimum atomic E-state index is -0.622. The lowest BCUT2D eigenvalue weighted by molar-refractivity contribution is -0.385. The van der Waals surface area contributed by atoms with Crippen molar-refractivity contribution in [2.45, 2.75) is 0 Å². The molecule has 3 rings (SSSR count). The standard InChI is InChI=1S/C17H11BrN2O5/c1-24-12-4-2-3-11(9-12)16-19-14(17(21)25-16)7-10-5-6-13(18)15(8-10)20(22)23/h2-9H,1H3/b14-7-. The number of benzene rings is 2. The highest BCUT2D eigenvalue weighted by Gasteiger charge is 2.24. The van der Waals surface area contributed by atoms with Gasteiger partial charge in [-0.05, 0) is 51.8 Å². The van der Waals surface area contributed by atoms with Gasteiger partial charge in [0.1, 0.15) is 5.75 Å². The first kappa shape index (κ1) is 16.8. The van der Waals surface area contributed by atoms with Gasteiger partial charge in [0.05, 0.1) is 16.5 Å². The Kier molecular flexibility index (Phi) is 4.62. The summed E-state index contributed by atoms with van der Waals surface area (Å²) in [7, 11) is 1.54. The smallest absolute Gasteiger partial charge is 0.363 e. The molecular weight excluding hydrogens is 392 g/mol. The molecule has 8 heteroatoms. The van der Waals surface area contributed by atoms with Crippen LogP contribution in [0.2, 0.25) is 0 Å². The Morgan fingerprint density at radius 1 is 1.28 bits per heavy atom. The molecule has 0 aliphatic carbocycles. The summed E-state index contributed by atoms with van der Waals surface area (Å²) in [6.45, 7) is 0. The van der Waals surface area contributed by atoms with Crippen molar-refractivity contribution in [3.05, 3.63) is 73.9 Å². The zero-order valence-electron chi connectivity index (χ0n) is 12.9. The first-order valence-corrected chi connectivity index (χ1v) is 7.88. The summed E-state index contributed by atoms with van der Waals surface area (Å²) in [4.78, 5) is 26.7. The molecule has 0 saturated heterocycles. The van der Waals surface area contributed by atoms with Crippen molar-refractivity contribution in [1.82, 2.24) is 0 Å². The van der Waals surface area contributed by atoms with Gasteiger partial charge in [-0.15, -0.1) is 0 Å². The van der Waals surface area contributed by atoms with Gasteiger partial charge in [-0.2, -0.15) is 0 Å². The van der Waals surface area contributed by atoms with Crippen molar-refractivity contribution in [3.63, 3.8) is 0 Å². The van der Waals surface area contributed by atoms with Crippen LogP contribution in [0.4, 0.5) is 5.69 Å². The van der Waals surface area contributed by atoms with E-state index in [1.165, 1.54) is 25.3 Å². The van der Waals surface area contributed by atoms with Crippen LogP contribution in [0, 0.1) is 10.1 Å². The molecule has 0 atom stereocenters. The average molecular weight is 403 g/mol. The number of nitro benzene ring substituents is 1. The third-order valence-electron chi connectivity index (χ3n) is 3.41. The SMILES string of the molecule is COc1cccc(C2=N/C(=C\c3ccc(Br)c([N+](=O)[O-])c3)C(=O)O2)c1. The molecule has 2 aromatic rings. The van der Waals surface area contributed by atoms with E-state index >= 15 is 0 Å². The highest BCUT2D eigenvalue weighted by Crippen LogP contribution is 2.28. The molecule has 0 N–H and O–H groups in total. The predicted molar refractivity (Wildman–Crippen MR) is 94.4 cm³/mol. The molecule has 1 heterocycles. The lowest BCUT2D eigenvalue weighted by Gasteiger charge is -2.02. The second-order valence-electron chi connectivity index (χ2n) is 5.04. The highest BCUT2D eigenvalue weighted by atomic mass is 79.9. The third-order valence-corrected chi connectivity index (χ3v) is 4.08. The first-order chi connectivity index (χ1) is 12.0. The zero-order valence-corrected chi connectivity index (χ0v) is 14.5. The van der Waals surface area contributed by atoms with E-state index < -0.39 is 10.9 Å². The van der Waals surface area contributed by atoms with E-state index in [-0.39, 0.29) is 17.3 Å². The number of ether oxygens (including phenoxy) is 2. The zero-order chi connectivity index (χ0) is 18.0. The fraction of sp³-hybridized carbons (Fsp3) is 0.0588. The molecule has 126 valence electrons. The van der Waals surface area contributed by atoms with Gasteiger partial charge in [0.25, 0.3) is 5.69 Å². The monoisotopic (exact) mass is 402 g/mol. The van der Waals surface area contributed by atoms with Gasteiger partial charge < -0.3 is 9.47 Å². The first-order valence-electron chi connectivity index (χ1n) is 7.09. The number of hydrogen-bond donors (Lipinski definition) is 0. The van der Waals surface area contributed by atoms with Crippen LogP contribution in [0.1, 0.15) is 11.1 Å². The number of esters is 1. The number of rotatable bonds is 4. The molecule has 0 aromatic heterocycles. The maximum atomic E-state index is 12.0. The lowest BCUT2D eigenvalue weighted by Crippen LogP contribution is -2.05. The van der Waals surface area contributed by atoms with Crippen LogP contribution < -0.4 is 4.74 Å². The van der Waals surface area contributed by atoms with Gasteiger partial charge in [-0.25, -0.2) is 9.79 Å². The number of hydrogen-bond acceptors (Lipinski definition) is 6. The molecule has 0 fully saturated rings. The Morgan fingerprint density at radius 2 is 2.08 bits per heavy atom. The molecule has 2 aromatic carbocycles. The van der Waals surface area contributed by atoms with E-state index in [9.17, 15) is 14.9 Å². The molecule has 1 aliphatic rings. The summed E-state index contributed by atoms with van der Waals surface area (Å²) >= 11 is 3.12. The van der Waals surface area contributed by atoms with Crippen molar-refractivity contribution in [2.24, 2.45) is 4.99 Å². The van der Waals surface area contributed by atoms with Gasteiger partial charge >= 0.3 is 5.97 Å². The summed E-state index contributed by atoms with van der Waals surface area (Å²) in [5.41, 5.74) is 1.03. The maximum Gasteiger partial charge on any atom is 0.363 e. The Morgan fingerprint density at radius 3 is 2.80 bits per heavy atom. The van der Waals surface area contributed by atoms with Crippen LogP contribution in [0.25, 0.3) is 6.08 Å². The Bertz CT molecular complexity index is 936. The summed E-state index contributed by atoms with van der Waals surface area (Å²) in [5, 5.41) is 11.0. The van der Waals surface area contributed by atoms with Crippen molar-refractivity contribution in [2.75, 3.05) is 7.11 Å².